The van der Waals surface area contributed by atoms with Gasteiger partial charge in [0.05, 0.1) is 25.8 Å². The number of rotatable bonds is 7. The molecule has 1 unspecified atom stereocenters. The van der Waals surface area contributed by atoms with E-state index in [-0.39, 0.29) is 11.9 Å². The highest BCUT2D eigenvalue weighted by Gasteiger charge is 2.23. The molecule has 0 saturated carbocycles. The van der Waals surface area contributed by atoms with E-state index in [1.165, 1.54) is 17.0 Å². The third-order valence-electron chi connectivity index (χ3n) is 4.52. The van der Waals surface area contributed by atoms with Crippen molar-refractivity contribution in [3.63, 3.8) is 0 Å². The van der Waals surface area contributed by atoms with Crippen molar-refractivity contribution in [1.29, 1.82) is 0 Å². The summed E-state index contributed by atoms with van der Waals surface area (Å²) in [4.78, 5) is 8.30. The number of nitrogens with zero attached hydrogens (tertiary/aromatic N) is 2. The van der Waals surface area contributed by atoms with Gasteiger partial charge < -0.3 is 15.4 Å². The number of guanidine groups is 1. The molecule has 1 saturated heterocycles. The molecule has 0 aliphatic carbocycles. The average Bonchev–Trinajstić information content (AvgIpc) is 3.22. The lowest BCUT2D eigenvalue weighted by molar-refractivity contribution is 0.0170. The van der Waals surface area contributed by atoms with Crippen molar-refractivity contribution in [2.45, 2.75) is 19.5 Å². The van der Waals surface area contributed by atoms with Gasteiger partial charge in [0, 0.05) is 31.1 Å². The maximum Gasteiger partial charge on any atom is 0.191 e. The van der Waals surface area contributed by atoms with Gasteiger partial charge in [-0.1, -0.05) is 18.2 Å². The summed E-state index contributed by atoms with van der Waals surface area (Å²) >= 11 is 1.71. The first-order valence-corrected chi connectivity index (χ1v) is 10.3. The molecular formula is C20H27FN4OS. The molecule has 1 atom stereocenters. The Morgan fingerprint density at radius 1 is 1.22 bits per heavy atom. The van der Waals surface area contributed by atoms with Crippen molar-refractivity contribution in [3.8, 4) is 0 Å². The van der Waals surface area contributed by atoms with Crippen molar-refractivity contribution >= 4 is 17.3 Å². The molecule has 1 fully saturated rings. The Morgan fingerprint density at radius 2 is 2.00 bits per heavy atom. The average molecular weight is 391 g/mol. The number of morpholine rings is 1. The Morgan fingerprint density at radius 3 is 2.67 bits per heavy atom. The summed E-state index contributed by atoms with van der Waals surface area (Å²) in [5.41, 5.74) is 1.10. The van der Waals surface area contributed by atoms with Crippen molar-refractivity contribution in [2.24, 2.45) is 4.99 Å². The standard InChI is InChI=1S/C20H27FN4OS/c1-2-22-20(23-14-18-4-3-13-27-18)24-15-19(25-9-11-26-12-10-25)16-5-7-17(21)8-6-16/h3-8,13,19H,2,9-12,14-15H2,1H3,(H2,22,23,24). The molecule has 1 aliphatic rings. The number of thiophene rings is 1. The third kappa shape index (κ3) is 6.02. The van der Waals surface area contributed by atoms with Crippen LogP contribution in [0.5, 0.6) is 0 Å². The van der Waals surface area contributed by atoms with Crippen LogP contribution in [0.4, 0.5) is 4.39 Å². The van der Waals surface area contributed by atoms with Gasteiger partial charge in [0.2, 0.25) is 0 Å². The van der Waals surface area contributed by atoms with Gasteiger partial charge in [0.15, 0.2) is 5.96 Å². The summed E-state index contributed by atoms with van der Waals surface area (Å²) < 4.78 is 18.9. The van der Waals surface area contributed by atoms with Gasteiger partial charge in [-0.2, -0.15) is 0 Å². The van der Waals surface area contributed by atoms with Crippen LogP contribution >= 0.6 is 11.3 Å². The normalized spacial score (nSPS) is 16.9. The summed E-state index contributed by atoms with van der Waals surface area (Å²) in [5.74, 6) is 0.588. The van der Waals surface area contributed by atoms with Gasteiger partial charge in [-0.15, -0.1) is 11.3 Å². The molecule has 2 aromatic rings. The number of hydrogen-bond acceptors (Lipinski definition) is 4. The highest BCUT2D eigenvalue weighted by atomic mass is 32.1. The van der Waals surface area contributed by atoms with Gasteiger partial charge in [-0.3, -0.25) is 4.90 Å². The SMILES string of the molecule is CCNC(=NCc1cccs1)NCC(c1ccc(F)cc1)N1CCOCC1. The Bertz CT molecular complexity index is 699. The molecule has 7 heteroatoms. The topological polar surface area (TPSA) is 48.9 Å². The summed E-state index contributed by atoms with van der Waals surface area (Å²) in [6.45, 7) is 7.40. The molecule has 1 aromatic heterocycles. The van der Waals surface area contributed by atoms with E-state index in [1.54, 1.807) is 11.3 Å². The van der Waals surface area contributed by atoms with Gasteiger partial charge >= 0.3 is 0 Å². The van der Waals surface area contributed by atoms with E-state index in [1.807, 2.05) is 18.2 Å². The van der Waals surface area contributed by atoms with E-state index < -0.39 is 0 Å². The number of hydrogen-bond donors (Lipinski definition) is 2. The second-order valence-corrected chi connectivity index (χ2v) is 7.40. The molecule has 0 radical (unpaired) electrons. The molecule has 5 nitrogen and oxygen atoms in total. The first-order valence-electron chi connectivity index (χ1n) is 9.38. The maximum atomic E-state index is 13.4. The summed E-state index contributed by atoms with van der Waals surface area (Å²) in [6, 6.07) is 11.1. The Balaban J connectivity index is 1.69. The molecule has 1 aliphatic heterocycles. The Hall–Kier alpha value is -1.96. The fourth-order valence-corrected chi connectivity index (χ4v) is 3.75. The second kappa shape index (κ2) is 10.4. The van der Waals surface area contributed by atoms with Gasteiger partial charge in [0.1, 0.15) is 5.82 Å². The lowest BCUT2D eigenvalue weighted by atomic mass is 10.0. The fraction of sp³-hybridized carbons (Fsp3) is 0.450. The van der Waals surface area contributed by atoms with Crippen molar-refractivity contribution in [1.82, 2.24) is 15.5 Å². The number of benzene rings is 1. The van der Waals surface area contributed by atoms with Crippen LogP contribution in [0.15, 0.2) is 46.8 Å². The Kier molecular flexibility index (Phi) is 7.62. The Labute approximate surface area is 164 Å². The fourth-order valence-electron chi connectivity index (χ4n) is 3.13. The molecular weight excluding hydrogens is 363 g/mol. The lowest BCUT2D eigenvalue weighted by Crippen LogP contribution is -2.46. The van der Waals surface area contributed by atoms with E-state index in [4.69, 9.17) is 4.74 Å². The third-order valence-corrected chi connectivity index (χ3v) is 5.38. The molecule has 0 spiro atoms. The zero-order chi connectivity index (χ0) is 18.9. The van der Waals surface area contributed by atoms with E-state index in [0.717, 1.165) is 44.4 Å². The zero-order valence-corrected chi connectivity index (χ0v) is 16.5. The quantitative estimate of drug-likeness (QED) is 0.564. The zero-order valence-electron chi connectivity index (χ0n) is 15.7. The van der Waals surface area contributed by atoms with E-state index in [0.29, 0.717) is 13.1 Å². The maximum absolute atomic E-state index is 13.4. The molecule has 2 N–H and O–H groups in total. The molecule has 27 heavy (non-hydrogen) atoms. The number of halogens is 1. The first-order chi connectivity index (χ1) is 13.3. The van der Waals surface area contributed by atoms with Crippen LogP contribution in [-0.2, 0) is 11.3 Å². The monoisotopic (exact) mass is 390 g/mol. The molecule has 3 rings (SSSR count). The van der Waals surface area contributed by atoms with Crippen LogP contribution in [0.25, 0.3) is 0 Å². The van der Waals surface area contributed by atoms with Crippen LogP contribution in [-0.4, -0.2) is 50.3 Å². The molecule has 1 aromatic carbocycles. The highest BCUT2D eigenvalue weighted by molar-refractivity contribution is 7.09. The van der Waals surface area contributed by atoms with Crippen LogP contribution in [0.2, 0.25) is 0 Å². The van der Waals surface area contributed by atoms with E-state index in [9.17, 15) is 4.39 Å². The highest BCUT2D eigenvalue weighted by Crippen LogP contribution is 2.21. The summed E-state index contributed by atoms with van der Waals surface area (Å²) in [7, 11) is 0. The molecule has 0 amide bonds. The predicted molar refractivity (Wildman–Crippen MR) is 109 cm³/mol. The van der Waals surface area contributed by atoms with Crippen LogP contribution in [0.3, 0.4) is 0 Å². The predicted octanol–water partition coefficient (Wildman–Crippen LogP) is 3.02. The van der Waals surface area contributed by atoms with Crippen molar-refractivity contribution in [2.75, 3.05) is 39.4 Å². The number of ether oxygens (including phenoxy) is 1. The van der Waals surface area contributed by atoms with Crippen LogP contribution < -0.4 is 10.6 Å². The smallest absolute Gasteiger partial charge is 0.191 e. The minimum absolute atomic E-state index is 0.139. The number of aliphatic imine (C=N–C) groups is 1. The molecule has 2 heterocycles. The van der Waals surface area contributed by atoms with E-state index >= 15 is 0 Å². The van der Waals surface area contributed by atoms with E-state index in [2.05, 4.69) is 38.9 Å². The van der Waals surface area contributed by atoms with Gasteiger partial charge in [-0.05, 0) is 36.1 Å². The lowest BCUT2D eigenvalue weighted by Gasteiger charge is -2.35. The minimum Gasteiger partial charge on any atom is -0.379 e. The number of nitrogens with one attached hydrogen (secondary N) is 2. The molecule has 146 valence electrons. The van der Waals surface area contributed by atoms with Gasteiger partial charge in [-0.25, -0.2) is 9.38 Å². The van der Waals surface area contributed by atoms with Crippen molar-refractivity contribution in [3.05, 3.63) is 58.0 Å². The second-order valence-electron chi connectivity index (χ2n) is 6.37. The van der Waals surface area contributed by atoms with Crippen molar-refractivity contribution < 1.29 is 9.13 Å². The van der Waals surface area contributed by atoms with Crippen LogP contribution in [0, 0.1) is 5.82 Å². The minimum atomic E-state index is -0.210. The largest absolute Gasteiger partial charge is 0.379 e. The van der Waals surface area contributed by atoms with Gasteiger partial charge in [0.25, 0.3) is 0 Å². The molecule has 0 bridgehead atoms. The summed E-state index contributed by atoms with van der Waals surface area (Å²) in [5, 5.41) is 8.83. The summed E-state index contributed by atoms with van der Waals surface area (Å²) in [6.07, 6.45) is 0. The van der Waals surface area contributed by atoms with Crippen LogP contribution in [0.1, 0.15) is 23.4 Å². The first kappa shape index (κ1) is 19.8.